The normalized spacial score (nSPS) is 12.4. The quantitative estimate of drug-likeness (QED) is 0.463. The fourth-order valence-electron chi connectivity index (χ4n) is 3.51. The summed E-state index contributed by atoms with van der Waals surface area (Å²) in [4.78, 5) is 33.3. The highest BCUT2D eigenvalue weighted by molar-refractivity contribution is 5.82. The first-order valence-electron chi connectivity index (χ1n) is 9.39. The predicted molar refractivity (Wildman–Crippen MR) is 111 cm³/mol. The Labute approximate surface area is 173 Å². The van der Waals surface area contributed by atoms with E-state index in [4.69, 9.17) is 0 Å². The van der Waals surface area contributed by atoms with Crippen molar-refractivity contribution in [3.8, 4) is 11.1 Å². The Morgan fingerprint density at radius 2 is 1.97 bits per heavy atom. The lowest BCUT2D eigenvalue weighted by Crippen LogP contribution is -2.23. The number of fused-ring (bicyclic) bond motifs is 2. The number of imidazole rings is 1. The highest BCUT2D eigenvalue weighted by Crippen LogP contribution is 2.28. The molecule has 0 amide bonds. The summed E-state index contributed by atoms with van der Waals surface area (Å²) in [7, 11) is 0. The van der Waals surface area contributed by atoms with Gasteiger partial charge in [0.2, 0.25) is 0 Å². The topological polar surface area (TPSA) is 101 Å². The van der Waals surface area contributed by atoms with Gasteiger partial charge < -0.3 is 10.3 Å². The number of aromatic nitrogens is 6. The molecule has 10 heteroatoms. The van der Waals surface area contributed by atoms with Crippen molar-refractivity contribution in [1.29, 1.82) is 0 Å². The molecule has 4 aromatic heterocycles. The maximum Gasteiger partial charge on any atom is 0.266 e. The maximum atomic E-state index is 13.9. The van der Waals surface area contributed by atoms with Gasteiger partial charge in [-0.3, -0.25) is 9.20 Å². The van der Waals surface area contributed by atoms with Crippen LogP contribution in [0, 0.1) is 11.6 Å². The van der Waals surface area contributed by atoms with Crippen LogP contribution in [0.5, 0.6) is 0 Å². The van der Waals surface area contributed by atoms with E-state index in [0.29, 0.717) is 28.2 Å². The van der Waals surface area contributed by atoms with Crippen molar-refractivity contribution in [3.05, 3.63) is 82.9 Å². The lowest BCUT2D eigenvalue weighted by atomic mass is 10.0. The number of rotatable bonds is 4. The second-order valence-corrected chi connectivity index (χ2v) is 6.95. The van der Waals surface area contributed by atoms with Crippen molar-refractivity contribution in [1.82, 2.24) is 29.3 Å². The molecule has 4 heterocycles. The fraction of sp³-hybridized carbons (Fsp3) is 0.0952. The summed E-state index contributed by atoms with van der Waals surface area (Å²) in [5.41, 5.74) is 1.72. The zero-order valence-electron chi connectivity index (χ0n) is 16.2. The lowest BCUT2D eigenvalue weighted by molar-refractivity contribution is 0.617. The van der Waals surface area contributed by atoms with Gasteiger partial charge in [-0.25, -0.2) is 28.7 Å². The van der Waals surface area contributed by atoms with Gasteiger partial charge in [0, 0.05) is 6.20 Å². The molecule has 0 saturated carbocycles. The molecule has 0 bridgehead atoms. The summed E-state index contributed by atoms with van der Waals surface area (Å²) in [6.45, 7) is 1.80. The molecular formula is C21H15F2N7O. The van der Waals surface area contributed by atoms with Gasteiger partial charge in [-0.15, -0.1) is 0 Å². The van der Waals surface area contributed by atoms with Crippen molar-refractivity contribution in [2.75, 3.05) is 5.32 Å². The van der Waals surface area contributed by atoms with Crippen LogP contribution in [0.15, 0.2) is 60.0 Å². The molecule has 0 aliphatic carbocycles. The van der Waals surface area contributed by atoms with E-state index >= 15 is 0 Å². The molecule has 0 aliphatic heterocycles. The second kappa shape index (κ2) is 7.24. The number of H-pyrrole nitrogens is 1. The molecule has 2 N–H and O–H groups in total. The number of pyridine rings is 1. The molecule has 154 valence electrons. The highest BCUT2D eigenvalue weighted by atomic mass is 19.1. The van der Waals surface area contributed by atoms with E-state index in [9.17, 15) is 13.6 Å². The summed E-state index contributed by atoms with van der Waals surface area (Å²) < 4.78 is 28.9. The third kappa shape index (κ3) is 3.27. The van der Waals surface area contributed by atoms with Gasteiger partial charge in [-0.1, -0.05) is 12.1 Å². The molecule has 8 nitrogen and oxygen atoms in total. The van der Waals surface area contributed by atoms with E-state index in [2.05, 4.69) is 30.2 Å². The molecule has 0 aliphatic rings. The molecule has 0 spiro atoms. The molecule has 0 unspecified atom stereocenters. The van der Waals surface area contributed by atoms with Crippen molar-refractivity contribution in [3.63, 3.8) is 0 Å². The molecule has 0 radical (unpaired) electrons. The fourth-order valence-corrected chi connectivity index (χ4v) is 3.51. The third-order valence-corrected chi connectivity index (χ3v) is 4.91. The van der Waals surface area contributed by atoms with E-state index in [1.807, 2.05) is 0 Å². The van der Waals surface area contributed by atoms with Crippen LogP contribution in [-0.2, 0) is 0 Å². The predicted octanol–water partition coefficient (Wildman–Crippen LogP) is 3.48. The first-order valence-corrected chi connectivity index (χ1v) is 9.39. The van der Waals surface area contributed by atoms with E-state index in [1.165, 1.54) is 43.0 Å². The highest BCUT2D eigenvalue weighted by Gasteiger charge is 2.21. The van der Waals surface area contributed by atoms with Gasteiger partial charge >= 0.3 is 0 Å². The van der Waals surface area contributed by atoms with Crippen molar-refractivity contribution >= 4 is 22.6 Å². The molecule has 1 atom stereocenters. The van der Waals surface area contributed by atoms with Gasteiger partial charge in [-0.05, 0) is 36.8 Å². The monoisotopic (exact) mass is 419 g/mol. The number of hydrogen-bond donors (Lipinski definition) is 2. The van der Waals surface area contributed by atoms with E-state index in [1.54, 1.807) is 13.0 Å². The average Bonchev–Trinajstić information content (AvgIpc) is 3.24. The zero-order valence-corrected chi connectivity index (χ0v) is 16.2. The Kier molecular flexibility index (Phi) is 4.39. The number of anilines is 1. The Hall–Kier alpha value is -4.21. The second-order valence-electron chi connectivity index (χ2n) is 6.95. The first kappa shape index (κ1) is 18.8. The number of nitrogens with zero attached hydrogens (tertiary/aromatic N) is 5. The standard InChI is InChI=1S/C21H15F2N7O/c1-11(28-20-18-19(25-9-24-18)26-10-27-20)17-16(12-3-2-4-13(22)7-12)21(31)30-8-14(23)5-6-15(30)29-17/h2-11H,1H3,(H2,24,25,26,27,28)/t11-/m1/s1. The van der Waals surface area contributed by atoms with Crippen LogP contribution < -0.4 is 10.9 Å². The Morgan fingerprint density at radius 1 is 1.10 bits per heavy atom. The van der Waals surface area contributed by atoms with Crippen molar-refractivity contribution in [2.45, 2.75) is 13.0 Å². The molecule has 5 aromatic rings. The molecule has 5 rings (SSSR count). The number of aromatic amines is 1. The van der Waals surface area contributed by atoms with Crippen LogP contribution >= 0.6 is 0 Å². The lowest BCUT2D eigenvalue weighted by Gasteiger charge is -2.18. The SMILES string of the molecule is C[C@@H](Nc1ncnc2nc[nH]c12)c1nc2ccc(F)cn2c(=O)c1-c1cccc(F)c1. The van der Waals surface area contributed by atoms with Crippen LogP contribution in [0.2, 0.25) is 0 Å². The molecule has 31 heavy (non-hydrogen) atoms. The summed E-state index contributed by atoms with van der Waals surface area (Å²) >= 11 is 0. The Balaban J connectivity index is 1.71. The minimum absolute atomic E-state index is 0.164. The van der Waals surface area contributed by atoms with Gasteiger partial charge in [0.15, 0.2) is 11.5 Å². The smallest absolute Gasteiger partial charge is 0.266 e. The number of benzene rings is 1. The van der Waals surface area contributed by atoms with Crippen LogP contribution in [0.4, 0.5) is 14.6 Å². The van der Waals surface area contributed by atoms with Gasteiger partial charge in [0.1, 0.15) is 29.1 Å². The first-order chi connectivity index (χ1) is 15.0. The van der Waals surface area contributed by atoms with Crippen LogP contribution in [0.3, 0.4) is 0 Å². The average molecular weight is 419 g/mol. The van der Waals surface area contributed by atoms with Crippen molar-refractivity contribution in [2.24, 2.45) is 0 Å². The van der Waals surface area contributed by atoms with Gasteiger partial charge in [0.25, 0.3) is 5.56 Å². The van der Waals surface area contributed by atoms with Crippen LogP contribution in [0.1, 0.15) is 18.7 Å². The van der Waals surface area contributed by atoms with Crippen LogP contribution in [0.25, 0.3) is 27.9 Å². The molecule has 1 aromatic carbocycles. The van der Waals surface area contributed by atoms with E-state index in [-0.39, 0.29) is 11.2 Å². The number of halogens is 2. The van der Waals surface area contributed by atoms with E-state index in [0.717, 1.165) is 10.6 Å². The number of nitrogens with one attached hydrogen (secondary N) is 2. The summed E-state index contributed by atoms with van der Waals surface area (Å²) in [6, 6.07) is 7.78. The Morgan fingerprint density at radius 3 is 2.81 bits per heavy atom. The van der Waals surface area contributed by atoms with Crippen molar-refractivity contribution < 1.29 is 8.78 Å². The van der Waals surface area contributed by atoms with Crippen LogP contribution in [-0.4, -0.2) is 29.3 Å². The van der Waals surface area contributed by atoms with Gasteiger partial charge in [0.05, 0.1) is 23.6 Å². The number of hydrogen-bond acceptors (Lipinski definition) is 6. The third-order valence-electron chi connectivity index (χ3n) is 4.91. The zero-order chi connectivity index (χ0) is 21.5. The Bertz CT molecular complexity index is 1490. The summed E-state index contributed by atoms with van der Waals surface area (Å²) in [5.74, 6) is -0.604. The summed E-state index contributed by atoms with van der Waals surface area (Å²) in [5, 5.41) is 3.21. The minimum atomic E-state index is -0.580. The maximum absolute atomic E-state index is 13.9. The van der Waals surface area contributed by atoms with Gasteiger partial charge in [-0.2, -0.15) is 0 Å². The largest absolute Gasteiger partial charge is 0.360 e. The molecular weight excluding hydrogens is 404 g/mol. The molecule has 0 saturated heterocycles. The van der Waals surface area contributed by atoms with E-state index < -0.39 is 23.2 Å². The molecule has 0 fully saturated rings. The minimum Gasteiger partial charge on any atom is -0.360 e. The summed E-state index contributed by atoms with van der Waals surface area (Å²) in [6.07, 6.45) is 3.94.